The summed E-state index contributed by atoms with van der Waals surface area (Å²) >= 11 is 0. The highest BCUT2D eigenvalue weighted by atomic mass is 15.2. The van der Waals surface area contributed by atoms with Crippen LogP contribution in [0.4, 0.5) is 0 Å². The Morgan fingerprint density at radius 1 is 1.11 bits per heavy atom. The number of benzene rings is 1. The molecular formula is C26H30N2. The fourth-order valence-electron chi connectivity index (χ4n) is 4.72. The van der Waals surface area contributed by atoms with E-state index in [1.54, 1.807) is 0 Å². The molecule has 1 aromatic rings. The van der Waals surface area contributed by atoms with Gasteiger partial charge in [-0.05, 0) is 73.5 Å². The molecule has 0 bridgehead atoms. The maximum atomic E-state index is 4.85. The van der Waals surface area contributed by atoms with Crippen molar-refractivity contribution in [2.75, 3.05) is 0 Å². The third-order valence-electron chi connectivity index (χ3n) is 6.32. The maximum Gasteiger partial charge on any atom is 0.140 e. The van der Waals surface area contributed by atoms with Crippen LogP contribution in [0, 0.1) is 11.8 Å². The zero-order valence-corrected chi connectivity index (χ0v) is 16.7. The average Bonchev–Trinajstić information content (AvgIpc) is 2.75. The third kappa shape index (κ3) is 3.96. The van der Waals surface area contributed by atoms with Gasteiger partial charge in [-0.2, -0.15) is 0 Å². The van der Waals surface area contributed by atoms with Gasteiger partial charge >= 0.3 is 0 Å². The summed E-state index contributed by atoms with van der Waals surface area (Å²) in [6.45, 7) is 8.45. The van der Waals surface area contributed by atoms with E-state index in [4.69, 9.17) is 4.99 Å². The Bertz CT molecular complexity index is 846. The third-order valence-corrected chi connectivity index (χ3v) is 6.32. The molecule has 0 unspecified atom stereocenters. The molecule has 2 aliphatic carbocycles. The van der Waals surface area contributed by atoms with Crippen LogP contribution in [-0.4, -0.2) is 10.7 Å². The summed E-state index contributed by atoms with van der Waals surface area (Å²) in [4.78, 5) is 6.94. The normalized spacial score (nSPS) is 25.1. The summed E-state index contributed by atoms with van der Waals surface area (Å²) < 4.78 is 0. The number of amidine groups is 1. The second-order valence-electron chi connectivity index (χ2n) is 8.10. The quantitative estimate of drug-likeness (QED) is 0.572. The lowest BCUT2D eigenvalue weighted by atomic mass is 9.75. The minimum absolute atomic E-state index is 0.563. The second-order valence-corrected chi connectivity index (χ2v) is 8.10. The van der Waals surface area contributed by atoms with Crippen molar-refractivity contribution in [3.63, 3.8) is 0 Å². The van der Waals surface area contributed by atoms with Gasteiger partial charge in [0, 0.05) is 18.1 Å². The number of hydrogen-bond donors (Lipinski definition) is 0. The molecule has 0 spiro atoms. The van der Waals surface area contributed by atoms with E-state index < -0.39 is 0 Å². The molecule has 2 nitrogen and oxygen atoms in total. The highest BCUT2D eigenvalue weighted by molar-refractivity contribution is 6.02. The van der Waals surface area contributed by atoms with Crippen LogP contribution < -0.4 is 0 Å². The molecule has 1 saturated carbocycles. The van der Waals surface area contributed by atoms with Crippen LogP contribution in [0.15, 0.2) is 96.0 Å². The van der Waals surface area contributed by atoms with Crippen molar-refractivity contribution in [2.45, 2.75) is 44.9 Å². The van der Waals surface area contributed by atoms with Crippen LogP contribution in [0.5, 0.6) is 0 Å². The number of rotatable bonds is 5. The van der Waals surface area contributed by atoms with Crippen molar-refractivity contribution in [2.24, 2.45) is 16.8 Å². The zero-order chi connectivity index (χ0) is 19.3. The van der Waals surface area contributed by atoms with Crippen LogP contribution in [0.1, 0.15) is 44.1 Å². The molecule has 0 amide bonds. The molecule has 4 rings (SSSR count). The lowest BCUT2D eigenvalue weighted by molar-refractivity contribution is 0.298. The van der Waals surface area contributed by atoms with Gasteiger partial charge in [0.05, 0.1) is 0 Å². The molecule has 0 N–H and O–H groups in total. The molecule has 3 aliphatic rings. The van der Waals surface area contributed by atoms with Crippen LogP contribution in [0.25, 0.3) is 0 Å². The zero-order valence-electron chi connectivity index (χ0n) is 16.7. The number of hydrogen-bond acceptors (Lipinski definition) is 2. The number of nitrogens with zero attached hydrogens (tertiary/aromatic N) is 2. The van der Waals surface area contributed by atoms with E-state index in [0.717, 1.165) is 30.3 Å². The standard InChI is InChI=1S/C26H30N2/c1-3-28-20(2)25(19-27-26(28)24-12-8-5-9-13-24)23-16-14-22(15-17-23)18-21-10-6-4-7-11-21/h3-8,10-12,19,22-23H,1-2,9,13-18H2. The molecule has 2 heteroatoms. The van der Waals surface area contributed by atoms with Crippen LogP contribution >= 0.6 is 0 Å². The lowest BCUT2D eigenvalue weighted by Gasteiger charge is -2.36. The first-order valence-electron chi connectivity index (χ1n) is 10.5. The lowest BCUT2D eigenvalue weighted by Crippen LogP contribution is -2.32. The summed E-state index contributed by atoms with van der Waals surface area (Å²) in [5.74, 6) is 2.35. The van der Waals surface area contributed by atoms with Gasteiger partial charge in [-0.25, -0.2) is 4.99 Å². The van der Waals surface area contributed by atoms with E-state index in [1.165, 1.54) is 48.8 Å². The highest BCUT2D eigenvalue weighted by Crippen LogP contribution is 2.39. The Kier molecular flexibility index (Phi) is 5.76. The monoisotopic (exact) mass is 370 g/mol. The molecule has 28 heavy (non-hydrogen) atoms. The number of allylic oxidation sites excluding steroid dienone is 4. The smallest absolute Gasteiger partial charge is 0.140 e. The highest BCUT2D eigenvalue weighted by Gasteiger charge is 2.30. The average molecular weight is 371 g/mol. The van der Waals surface area contributed by atoms with Crippen LogP contribution in [-0.2, 0) is 6.42 Å². The fourth-order valence-corrected chi connectivity index (χ4v) is 4.72. The van der Waals surface area contributed by atoms with E-state index in [-0.39, 0.29) is 0 Å². The minimum Gasteiger partial charge on any atom is -0.302 e. The first-order valence-corrected chi connectivity index (χ1v) is 10.5. The Morgan fingerprint density at radius 2 is 1.89 bits per heavy atom. The van der Waals surface area contributed by atoms with E-state index in [1.807, 2.05) is 6.20 Å². The van der Waals surface area contributed by atoms with Gasteiger partial charge in [-0.1, -0.05) is 61.7 Å². The van der Waals surface area contributed by atoms with Gasteiger partial charge in [0.2, 0.25) is 0 Å². The van der Waals surface area contributed by atoms with Gasteiger partial charge in [-0.3, -0.25) is 0 Å². The SMILES string of the molecule is C=CN1C(=C)C(C2CCC(Cc3ccccc3)CC2)=CN=C1C1=CC=CCC1. The van der Waals surface area contributed by atoms with Gasteiger partial charge < -0.3 is 4.90 Å². The largest absolute Gasteiger partial charge is 0.302 e. The molecule has 0 saturated heterocycles. The predicted octanol–water partition coefficient (Wildman–Crippen LogP) is 6.57. The van der Waals surface area contributed by atoms with Crippen molar-refractivity contribution in [3.05, 3.63) is 96.5 Å². The molecule has 1 aromatic carbocycles. The summed E-state index contributed by atoms with van der Waals surface area (Å²) in [6, 6.07) is 10.9. The van der Waals surface area contributed by atoms with Crippen LogP contribution in [0.2, 0.25) is 0 Å². The molecule has 1 fully saturated rings. The van der Waals surface area contributed by atoms with E-state index in [2.05, 4.69) is 72.8 Å². The summed E-state index contributed by atoms with van der Waals surface area (Å²) in [7, 11) is 0. The summed E-state index contributed by atoms with van der Waals surface area (Å²) in [5.41, 5.74) is 5.09. The second kappa shape index (κ2) is 8.60. The molecule has 0 aromatic heterocycles. The molecule has 144 valence electrons. The fraction of sp³-hybridized carbons (Fsp3) is 0.346. The Morgan fingerprint density at radius 3 is 2.57 bits per heavy atom. The first kappa shape index (κ1) is 18.7. The summed E-state index contributed by atoms with van der Waals surface area (Å²) in [5, 5.41) is 0. The topological polar surface area (TPSA) is 15.6 Å². The van der Waals surface area contributed by atoms with Crippen molar-refractivity contribution in [3.8, 4) is 0 Å². The molecule has 1 aliphatic heterocycles. The van der Waals surface area contributed by atoms with Gasteiger partial charge in [-0.15, -0.1) is 0 Å². The van der Waals surface area contributed by atoms with Gasteiger partial charge in [0.15, 0.2) is 0 Å². The van der Waals surface area contributed by atoms with Crippen molar-refractivity contribution < 1.29 is 0 Å². The van der Waals surface area contributed by atoms with E-state index >= 15 is 0 Å². The number of aliphatic imine (C=N–C) groups is 1. The Balaban J connectivity index is 1.44. The molecule has 1 heterocycles. The van der Waals surface area contributed by atoms with Crippen molar-refractivity contribution >= 4 is 5.84 Å². The first-order chi connectivity index (χ1) is 13.8. The van der Waals surface area contributed by atoms with E-state index in [0.29, 0.717) is 5.92 Å². The Labute approximate surface area is 169 Å². The van der Waals surface area contributed by atoms with Crippen molar-refractivity contribution in [1.82, 2.24) is 4.90 Å². The predicted molar refractivity (Wildman–Crippen MR) is 119 cm³/mol. The molecule has 0 radical (unpaired) electrons. The van der Waals surface area contributed by atoms with Crippen molar-refractivity contribution in [1.29, 1.82) is 0 Å². The minimum atomic E-state index is 0.563. The van der Waals surface area contributed by atoms with E-state index in [9.17, 15) is 0 Å². The Hall–Kier alpha value is -2.61. The van der Waals surface area contributed by atoms with Gasteiger partial charge in [0.25, 0.3) is 0 Å². The maximum absolute atomic E-state index is 4.85. The summed E-state index contributed by atoms with van der Waals surface area (Å²) in [6.07, 6.45) is 18.8. The molecule has 0 atom stereocenters. The molecular weight excluding hydrogens is 340 g/mol. The van der Waals surface area contributed by atoms with Crippen LogP contribution in [0.3, 0.4) is 0 Å². The van der Waals surface area contributed by atoms with Gasteiger partial charge in [0.1, 0.15) is 5.84 Å².